The molecule has 3 heterocycles. The summed E-state index contributed by atoms with van der Waals surface area (Å²) in [4.78, 5) is 40.2. The summed E-state index contributed by atoms with van der Waals surface area (Å²) in [6.45, 7) is 0.0551. The number of β-lactam (4-membered cyclic amide) rings is 1. The molecule has 36 heavy (non-hydrogen) atoms. The summed E-state index contributed by atoms with van der Waals surface area (Å²) in [6.07, 6.45) is 1.71. The molecule has 2 aliphatic heterocycles. The first-order valence-electron chi connectivity index (χ1n) is 10.9. The molecule has 7 nitrogen and oxygen atoms in total. The minimum atomic E-state index is -1.22. The second-order valence-electron chi connectivity index (χ2n) is 8.39. The van der Waals surface area contributed by atoms with Crippen molar-refractivity contribution >= 4 is 82.5 Å². The van der Waals surface area contributed by atoms with Crippen molar-refractivity contribution in [3.8, 4) is 11.3 Å². The molecule has 2 N–H and O–H groups in total. The van der Waals surface area contributed by atoms with E-state index < -0.39 is 16.8 Å². The third-order valence-corrected chi connectivity index (χ3v) is 9.39. The minimum absolute atomic E-state index is 0. The van der Waals surface area contributed by atoms with Gasteiger partial charge in [0, 0.05) is 27.8 Å². The van der Waals surface area contributed by atoms with Gasteiger partial charge in [0.2, 0.25) is 11.8 Å². The van der Waals surface area contributed by atoms with E-state index in [9.17, 15) is 19.5 Å². The Morgan fingerprint density at radius 2 is 1.92 bits per heavy atom. The first kappa shape index (κ1) is 27.2. The number of nitrogens with zero attached hydrogens (tertiary/aromatic N) is 1. The van der Waals surface area contributed by atoms with Gasteiger partial charge in [-0.1, -0.05) is 41.9 Å². The van der Waals surface area contributed by atoms with Crippen molar-refractivity contribution in [1.29, 1.82) is 0 Å². The molecular weight excluding hydrogens is 531 g/mol. The van der Waals surface area contributed by atoms with Crippen molar-refractivity contribution in [2.24, 2.45) is 0 Å². The molecule has 5 rings (SSSR count). The zero-order valence-electron chi connectivity index (χ0n) is 18.3. The molecule has 0 spiro atoms. The molecule has 2 aliphatic rings. The number of amides is 2. The predicted molar refractivity (Wildman–Crippen MR) is 143 cm³/mol. The third kappa shape index (κ3) is 5.37. The molecule has 2 amide bonds. The summed E-state index contributed by atoms with van der Waals surface area (Å²) < 4.78 is 4.31. The summed E-state index contributed by atoms with van der Waals surface area (Å²) >= 11 is 8.50. The molecule has 2 fully saturated rings. The summed E-state index contributed by atoms with van der Waals surface area (Å²) in [5, 5.41) is 13.3. The molecule has 0 bridgehead atoms. The van der Waals surface area contributed by atoms with Crippen LogP contribution in [-0.4, -0.2) is 85.8 Å². The predicted octanol–water partition coefficient (Wildman–Crippen LogP) is 3.51. The van der Waals surface area contributed by atoms with Gasteiger partial charge >= 0.3 is 35.5 Å². The molecule has 3 atom stereocenters. The standard InChI is InChI=1S/C25H21ClN2O5S2.Na.H/c26-16-9-7-15(8-10-16)12-20(29)27-21-22(30)28-13-25(24(31)32,14-34-23(21)28)35-19-6-2-1-4-17(19)18-5-3-11-33-18;;/h1-11,21,23H,12-14H2,(H,27,29)(H,31,32);;/t21?,23-,25?;;/m1../s1. The number of hydrogen-bond acceptors (Lipinski definition) is 6. The van der Waals surface area contributed by atoms with Crippen LogP contribution in [-0.2, 0) is 20.8 Å². The van der Waals surface area contributed by atoms with Gasteiger partial charge in [-0.3, -0.25) is 14.4 Å². The van der Waals surface area contributed by atoms with Crippen LogP contribution in [0.5, 0.6) is 0 Å². The van der Waals surface area contributed by atoms with Crippen LogP contribution >= 0.6 is 35.1 Å². The number of fused-ring (bicyclic) bond motifs is 1. The molecule has 182 valence electrons. The van der Waals surface area contributed by atoms with E-state index in [1.807, 2.05) is 30.3 Å². The van der Waals surface area contributed by atoms with Gasteiger partial charge in [0.05, 0.1) is 12.7 Å². The van der Waals surface area contributed by atoms with E-state index in [0.717, 1.165) is 16.0 Å². The van der Waals surface area contributed by atoms with E-state index in [0.29, 0.717) is 10.8 Å². The van der Waals surface area contributed by atoms with E-state index in [2.05, 4.69) is 5.32 Å². The Kier molecular flexibility index (Phi) is 8.49. The maximum absolute atomic E-state index is 12.9. The van der Waals surface area contributed by atoms with Crippen molar-refractivity contribution in [2.75, 3.05) is 12.3 Å². The molecular formula is C25H22ClN2NaO5S2. The molecule has 2 unspecified atom stereocenters. The zero-order valence-corrected chi connectivity index (χ0v) is 20.7. The van der Waals surface area contributed by atoms with Crippen LogP contribution in [0.2, 0.25) is 5.02 Å². The van der Waals surface area contributed by atoms with Gasteiger partial charge in [0.25, 0.3) is 0 Å². The number of aliphatic carboxylic acids is 1. The van der Waals surface area contributed by atoms with Crippen molar-refractivity contribution in [3.05, 3.63) is 77.5 Å². The molecule has 11 heteroatoms. The normalized spacial score (nSPS) is 22.7. The number of nitrogens with one attached hydrogen (secondary N) is 1. The van der Waals surface area contributed by atoms with Crippen LogP contribution in [0.1, 0.15) is 5.56 Å². The molecule has 0 saturated carbocycles. The fourth-order valence-corrected chi connectivity index (χ4v) is 7.29. The van der Waals surface area contributed by atoms with E-state index in [1.54, 1.807) is 41.5 Å². The summed E-state index contributed by atoms with van der Waals surface area (Å²) in [6, 6.07) is 17.4. The van der Waals surface area contributed by atoms with Crippen molar-refractivity contribution in [3.63, 3.8) is 0 Å². The Morgan fingerprint density at radius 3 is 2.61 bits per heavy atom. The second-order valence-corrected chi connectivity index (χ2v) is 11.4. The van der Waals surface area contributed by atoms with Crippen molar-refractivity contribution in [2.45, 2.75) is 27.5 Å². The fourth-order valence-electron chi connectivity index (χ4n) is 4.20. The van der Waals surface area contributed by atoms with Gasteiger partial charge < -0.3 is 19.7 Å². The van der Waals surface area contributed by atoms with E-state index in [1.165, 1.54) is 23.5 Å². The van der Waals surface area contributed by atoms with Crippen LogP contribution in [0.15, 0.2) is 76.2 Å². The molecule has 2 aromatic carbocycles. The van der Waals surface area contributed by atoms with Crippen LogP contribution in [0.3, 0.4) is 0 Å². The molecule has 0 radical (unpaired) electrons. The van der Waals surface area contributed by atoms with Crippen molar-refractivity contribution < 1.29 is 23.9 Å². The third-order valence-electron chi connectivity index (χ3n) is 6.02. The van der Waals surface area contributed by atoms with Crippen molar-refractivity contribution in [1.82, 2.24) is 10.2 Å². The van der Waals surface area contributed by atoms with E-state index in [4.69, 9.17) is 16.0 Å². The average Bonchev–Trinajstić information content (AvgIpc) is 3.39. The number of thioether (sulfide) groups is 2. The SMILES string of the molecule is O=C(Cc1ccc(Cl)cc1)NC1C(=O)N2CC(Sc3ccccc3-c3ccco3)(C(=O)O)CS[C@H]12.[NaH]. The summed E-state index contributed by atoms with van der Waals surface area (Å²) in [5.74, 6) is -0.568. The Labute approximate surface area is 243 Å². The molecule has 0 aliphatic carbocycles. The first-order valence-corrected chi connectivity index (χ1v) is 13.1. The number of carbonyl (C=O) groups excluding carboxylic acids is 2. The van der Waals surface area contributed by atoms with Gasteiger partial charge in [-0.15, -0.1) is 23.5 Å². The van der Waals surface area contributed by atoms with Gasteiger partial charge in [-0.25, -0.2) is 0 Å². The monoisotopic (exact) mass is 552 g/mol. The molecule has 2 saturated heterocycles. The number of furan rings is 1. The number of carbonyl (C=O) groups is 3. The fraction of sp³-hybridized carbons (Fsp3) is 0.240. The number of halogens is 1. The first-order chi connectivity index (χ1) is 16.9. The summed E-state index contributed by atoms with van der Waals surface area (Å²) in [7, 11) is 0. The Bertz CT molecular complexity index is 1270. The number of carboxylic acid groups (broad SMARTS) is 1. The number of carboxylic acids is 1. The second kappa shape index (κ2) is 11.2. The van der Waals surface area contributed by atoms with Gasteiger partial charge in [0.15, 0.2) is 0 Å². The number of rotatable bonds is 7. The van der Waals surface area contributed by atoms with Gasteiger partial charge in [-0.2, -0.15) is 0 Å². The van der Waals surface area contributed by atoms with Crippen LogP contribution in [0.25, 0.3) is 11.3 Å². The maximum atomic E-state index is 12.9. The quantitative estimate of drug-likeness (QED) is 0.342. The van der Waals surface area contributed by atoms with Gasteiger partial charge in [0.1, 0.15) is 21.9 Å². The molecule has 1 aromatic heterocycles. The number of benzene rings is 2. The zero-order chi connectivity index (χ0) is 24.6. The van der Waals surface area contributed by atoms with E-state index in [-0.39, 0.29) is 65.5 Å². The van der Waals surface area contributed by atoms with Crippen LogP contribution < -0.4 is 5.32 Å². The summed E-state index contributed by atoms with van der Waals surface area (Å²) in [5.41, 5.74) is 1.60. The number of hydrogen-bond donors (Lipinski definition) is 2. The average molecular weight is 553 g/mol. The Balaban J connectivity index is 0.00000304. The molecule has 3 aromatic rings. The van der Waals surface area contributed by atoms with Gasteiger partial charge in [-0.05, 0) is 35.9 Å². The Hall–Kier alpha value is -1.88. The van der Waals surface area contributed by atoms with E-state index >= 15 is 0 Å². The topological polar surface area (TPSA) is 99.9 Å². The Morgan fingerprint density at radius 1 is 1.17 bits per heavy atom. The van der Waals surface area contributed by atoms with Crippen LogP contribution in [0.4, 0.5) is 0 Å². The van der Waals surface area contributed by atoms with Crippen LogP contribution in [0, 0.1) is 0 Å².